The smallest absolute Gasteiger partial charge is 0.212 e. The summed E-state index contributed by atoms with van der Waals surface area (Å²) >= 11 is 5.54. The molecule has 0 heterocycles. The van der Waals surface area contributed by atoms with Crippen LogP contribution in [0.2, 0.25) is 0 Å². The molecule has 14 heavy (non-hydrogen) atoms. The monoisotopic (exact) mass is 241 g/mol. The molecule has 0 aliphatic rings. The molecule has 0 bridgehead atoms. The number of alkyl halides is 1. The van der Waals surface area contributed by atoms with E-state index >= 15 is 0 Å². The Hall–Kier alpha value is 0.200. The molecule has 86 valence electrons. The molecule has 0 spiro atoms. The molecule has 0 amide bonds. The van der Waals surface area contributed by atoms with Crippen LogP contribution in [0.3, 0.4) is 0 Å². The zero-order chi connectivity index (χ0) is 11.2. The minimum Gasteiger partial charge on any atom is -0.212 e. The molecule has 0 aromatic heterocycles. The fourth-order valence-corrected chi connectivity index (χ4v) is 3.20. The van der Waals surface area contributed by atoms with Crippen molar-refractivity contribution in [3.8, 4) is 0 Å². The molecule has 5 heteroatoms. The molecule has 3 nitrogen and oxygen atoms in total. The summed E-state index contributed by atoms with van der Waals surface area (Å²) in [6.45, 7) is 6.80. The normalized spacial score (nSPS) is 12.7. The van der Waals surface area contributed by atoms with Crippen molar-refractivity contribution < 1.29 is 8.42 Å². The quantitative estimate of drug-likeness (QED) is 0.639. The highest BCUT2D eigenvalue weighted by molar-refractivity contribution is 7.89. The number of hydrogen-bond acceptors (Lipinski definition) is 2. The predicted octanol–water partition coefficient (Wildman–Crippen LogP) is 1.92. The van der Waals surface area contributed by atoms with Crippen molar-refractivity contribution in [3.63, 3.8) is 0 Å². The Kier molecular flexibility index (Phi) is 6.74. The largest absolute Gasteiger partial charge is 0.214 e. The summed E-state index contributed by atoms with van der Waals surface area (Å²) in [4.78, 5) is 0. The molecule has 0 radical (unpaired) electrons. The Bertz CT molecular complexity index is 239. The van der Waals surface area contributed by atoms with E-state index in [1.807, 2.05) is 20.8 Å². The van der Waals surface area contributed by atoms with Gasteiger partial charge in [0.2, 0.25) is 10.0 Å². The molecule has 0 aliphatic carbocycles. The summed E-state index contributed by atoms with van der Waals surface area (Å²) in [6.07, 6.45) is 0.709. The van der Waals surface area contributed by atoms with E-state index < -0.39 is 10.0 Å². The number of halogens is 1. The van der Waals surface area contributed by atoms with Gasteiger partial charge in [-0.15, -0.1) is 11.6 Å². The summed E-state index contributed by atoms with van der Waals surface area (Å²) in [5.74, 6) is 1.00. The lowest BCUT2D eigenvalue weighted by Crippen LogP contribution is -2.34. The van der Waals surface area contributed by atoms with Gasteiger partial charge < -0.3 is 0 Å². The third-order valence-corrected chi connectivity index (χ3v) is 4.18. The predicted molar refractivity (Wildman–Crippen MR) is 61.2 cm³/mol. The Balaban J connectivity index is 4.27. The van der Waals surface area contributed by atoms with Gasteiger partial charge >= 0.3 is 0 Å². The maximum absolute atomic E-state index is 11.7. The molecule has 0 aromatic carbocycles. The van der Waals surface area contributed by atoms with Crippen molar-refractivity contribution in [2.75, 3.05) is 24.7 Å². The zero-order valence-corrected chi connectivity index (χ0v) is 10.7. The van der Waals surface area contributed by atoms with Gasteiger partial charge in [0, 0.05) is 19.0 Å². The Labute approximate surface area is 92.5 Å². The van der Waals surface area contributed by atoms with E-state index in [0.717, 1.165) is 0 Å². The highest BCUT2D eigenvalue weighted by Crippen LogP contribution is 2.08. The fraction of sp³-hybridized carbons (Fsp3) is 1.00. The molecule has 0 N–H and O–H groups in total. The summed E-state index contributed by atoms with van der Waals surface area (Å²) in [6, 6.07) is 0. The number of hydrogen-bond donors (Lipinski definition) is 0. The van der Waals surface area contributed by atoms with E-state index in [-0.39, 0.29) is 5.75 Å². The number of nitrogens with zero attached hydrogens (tertiary/aromatic N) is 1. The van der Waals surface area contributed by atoms with Crippen LogP contribution in [0.5, 0.6) is 0 Å². The molecule has 0 aromatic rings. The molecule has 0 unspecified atom stereocenters. The lowest BCUT2D eigenvalue weighted by Gasteiger charge is -2.19. The standard InChI is InChI=1S/C9H20ClNO2S/c1-4-11(7-6-10)14(12,13)8-5-9(2)3/h9H,4-8H2,1-3H3. The third kappa shape index (κ3) is 5.17. The van der Waals surface area contributed by atoms with Gasteiger partial charge in [-0.2, -0.15) is 0 Å². The Morgan fingerprint density at radius 2 is 1.93 bits per heavy atom. The lowest BCUT2D eigenvalue weighted by molar-refractivity contribution is 0.442. The lowest BCUT2D eigenvalue weighted by atomic mass is 10.2. The fourth-order valence-electron chi connectivity index (χ4n) is 1.10. The molecule has 0 rings (SSSR count). The first-order valence-electron chi connectivity index (χ1n) is 4.97. The van der Waals surface area contributed by atoms with E-state index in [1.54, 1.807) is 0 Å². The second-order valence-electron chi connectivity index (χ2n) is 3.68. The first-order chi connectivity index (χ1) is 6.44. The van der Waals surface area contributed by atoms with Gasteiger partial charge in [-0.25, -0.2) is 12.7 Å². The van der Waals surface area contributed by atoms with Gasteiger partial charge in [-0.3, -0.25) is 0 Å². The van der Waals surface area contributed by atoms with Crippen LogP contribution in [0.4, 0.5) is 0 Å². The second-order valence-corrected chi connectivity index (χ2v) is 6.15. The van der Waals surface area contributed by atoms with Gasteiger partial charge in [0.25, 0.3) is 0 Å². The molecule has 0 saturated heterocycles. The molecule has 0 saturated carbocycles. The minimum absolute atomic E-state index is 0.232. The number of sulfonamides is 1. The van der Waals surface area contributed by atoms with Crippen LogP contribution in [0.25, 0.3) is 0 Å². The maximum Gasteiger partial charge on any atom is 0.214 e. The topological polar surface area (TPSA) is 37.4 Å². The second kappa shape index (κ2) is 6.64. The maximum atomic E-state index is 11.7. The SMILES string of the molecule is CCN(CCCl)S(=O)(=O)CCC(C)C. The van der Waals surface area contributed by atoms with Crippen LogP contribution in [0, 0.1) is 5.92 Å². The number of rotatable bonds is 7. The van der Waals surface area contributed by atoms with Crippen LogP contribution in [0.1, 0.15) is 27.2 Å². The summed E-state index contributed by atoms with van der Waals surface area (Å²) in [7, 11) is -3.08. The van der Waals surface area contributed by atoms with E-state index in [2.05, 4.69) is 0 Å². The summed E-state index contributed by atoms with van der Waals surface area (Å²) in [5, 5.41) is 0. The Morgan fingerprint density at radius 1 is 1.36 bits per heavy atom. The van der Waals surface area contributed by atoms with Crippen LogP contribution < -0.4 is 0 Å². The van der Waals surface area contributed by atoms with Gasteiger partial charge in [0.05, 0.1) is 5.75 Å². The molecular formula is C9H20ClNO2S. The van der Waals surface area contributed by atoms with Crippen LogP contribution in [-0.2, 0) is 10.0 Å². The van der Waals surface area contributed by atoms with Crippen molar-refractivity contribution in [2.45, 2.75) is 27.2 Å². The van der Waals surface area contributed by atoms with Crippen molar-refractivity contribution in [1.29, 1.82) is 0 Å². The van der Waals surface area contributed by atoms with E-state index in [4.69, 9.17) is 11.6 Å². The van der Waals surface area contributed by atoms with Crippen LogP contribution in [0.15, 0.2) is 0 Å². The molecule has 0 fully saturated rings. The highest BCUT2D eigenvalue weighted by atomic mass is 35.5. The average molecular weight is 242 g/mol. The van der Waals surface area contributed by atoms with E-state index in [9.17, 15) is 8.42 Å². The van der Waals surface area contributed by atoms with Crippen molar-refractivity contribution >= 4 is 21.6 Å². The van der Waals surface area contributed by atoms with Crippen LogP contribution in [-0.4, -0.2) is 37.4 Å². The van der Waals surface area contributed by atoms with Crippen molar-refractivity contribution in [3.05, 3.63) is 0 Å². The first kappa shape index (κ1) is 14.2. The van der Waals surface area contributed by atoms with Gasteiger partial charge in [0.15, 0.2) is 0 Å². The Morgan fingerprint density at radius 3 is 2.29 bits per heavy atom. The van der Waals surface area contributed by atoms with Crippen molar-refractivity contribution in [1.82, 2.24) is 4.31 Å². The van der Waals surface area contributed by atoms with Crippen LogP contribution >= 0.6 is 11.6 Å². The molecule has 0 atom stereocenters. The average Bonchev–Trinajstić information content (AvgIpc) is 2.11. The van der Waals surface area contributed by atoms with Gasteiger partial charge in [-0.1, -0.05) is 20.8 Å². The highest BCUT2D eigenvalue weighted by Gasteiger charge is 2.19. The van der Waals surface area contributed by atoms with E-state index in [0.29, 0.717) is 31.3 Å². The minimum atomic E-state index is -3.08. The van der Waals surface area contributed by atoms with Gasteiger partial charge in [-0.05, 0) is 12.3 Å². The van der Waals surface area contributed by atoms with Crippen molar-refractivity contribution in [2.24, 2.45) is 5.92 Å². The first-order valence-corrected chi connectivity index (χ1v) is 7.12. The zero-order valence-electron chi connectivity index (χ0n) is 9.16. The summed E-state index contributed by atoms with van der Waals surface area (Å²) in [5.41, 5.74) is 0. The third-order valence-electron chi connectivity index (χ3n) is 2.03. The summed E-state index contributed by atoms with van der Waals surface area (Å²) < 4.78 is 24.9. The molecular weight excluding hydrogens is 222 g/mol. The molecule has 0 aliphatic heterocycles. The van der Waals surface area contributed by atoms with E-state index in [1.165, 1.54) is 4.31 Å². The van der Waals surface area contributed by atoms with Gasteiger partial charge in [0.1, 0.15) is 0 Å².